The second-order valence-electron chi connectivity index (χ2n) is 3.38. The normalized spacial score (nSPS) is 28.6. The molecule has 2 heterocycles. The Hall–Kier alpha value is -1.68. The van der Waals surface area contributed by atoms with Gasteiger partial charge in [-0.05, 0) is 12.1 Å². The van der Waals surface area contributed by atoms with Gasteiger partial charge in [0.2, 0.25) is 0 Å². The fraction of sp³-hybridized carbons (Fsp3) is 0.200. The van der Waals surface area contributed by atoms with E-state index < -0.39 is 12.2 Å². The van der Waals surface area contributed by atoms with Crippen LogP contribution < -0.4 is 5.32 Å². The van der Waals surface area contributed by atoms with Gasteiger partial charge in [-0.25, -0.2) is 0 Å². The highest BCUT2D eigenvalue weighted by Crippen LogP contribution is 2.33. The van der Waals surface area contributed by atoms with E-state index in [2.05, 4.69) is 5.32 Å². The monoisotopic (exact) mass is 189 g/mol. The van der Waals surface area contributed by atoms with Crippen LogP contribution in [-0.2, 0) is 9.53 Å². The van der Waals surface area contributed by atoms with Gasteiger partial charge in [-0.15, -0.1) is 0 Å². The largest absolute Gasteiger partial charge is 0.350 e. The predicted molar refractivity (Wildman–Crippen MR) is 48.1 cm³/mol. The number of rotatable bonds is 0. The number of Topliss-reactive ketones (excluding diaryl/α,β-unsaturated/α-hetero) is 1. The summed E-state index contributed by atoms with van der Waals surface area (Å²) in [6.45, 7) is 0. The number of epoxide rings is 1. The van der Waals surface area contributed by atoms with Gasteiger partial charge in [0.1, 0.15) is 0 Å². The molecule has 0 saturated carbocycles. The van der Waals surface area contributed by atoms with Crippen molar-refractivity contribution in [1.82, 2.24) is 0 Å². The van der Waals surface area contributed by atoms with Gasteiger partial charge < -0.3 is 10.1 Å². The minimum absolute atomic E-state index is 0.107. The van der Waals surface area contributed by atoms with Gasteiger partial charge in [-0.1, -0.05) is 12.1 Å². The van der Waals surface area contributed by atoms with Crippen LogP contribution in [0.5, 0.6) is 0 Å². The number of fused-ring (bicyclic) bond motifs is 2. The molecule has 0 spiro atoms. The zero-order chi connectivity index (χ0) is 9.71. The molecule has 0 aromatic heterocycles. The van der Waals surface area contributed by atoms with Crippen molar-refractivity contribution in [2.75, 3.05) is 5.32 Å². The lowest BCUT2D eigenvalue weighted by atomic mass is 10.1. The second-order valence-corrected chi connectivity index (χ2v) is 3.38. The molecule has 70 valence electrons. The highest BCUT2D eigenvalue weighted by molar-refractivity contribution is 6.15. The Labute approximate surface area is 79.9 Å². The first-order valence-corrected chi connectivity index (χ1v) is 4.37. The first-order valence-electron chi connectivity index (χ1n) is 4.37. The third-order valence-electron chi connectivity index (χ3n) is 2.46. The molecule has 0 radical (unpaired) electrons. The third kappa shape index (κ3) is 0.914. The number of ether oxygens (including phenoxy) is 1. The Morgan fingerprint density at radius 2 is 1.93 bits per heavy atom. The van der Waals surface area contributed by atoms with Gasteiger partial charge in [-0.3, -0.25) is 9.59 Å². The number of carbonyl (C=O) groups is 2. The minimum atomic E-state index is -0.574. The molecule has 14 heavy (non-hydrogen) atoms. The van der Waals surface area contributed by atoms with Gasteiger partial charge >= 0.3 is 0 Å². The minimum Gasteiger partial charge on any atom is -0.350 e. The Morgan fingerprint density at radius 1 is 1.14 bits per heavy atom. The van der Waals surface area contributed by atoms with Crippen LogP contribution in [0.15, 0.2) is 24.3 Å². The van der Waals surface area contributed by atoms with E-state index in [1.54, 1.807) is 24.3 Å². The quantitative estimate of drug-likeness (QED) is 0.607. The molecule has 2 atom stereocenters. The van der Waals surface area contributed by atoms with Crippen LogP contribution in [0.3, 0.4) is 0 Å². The van der Waals surface area contributed by atoms with Crippen molar-refractivity contribution in [3.05, 3.63) is 29.8 Å². The SMILES string of the molecule is O=C1Nc2ccccc2C(=O)C2OC12. The molecular formula is C10H7NO3. The number of hydrogen-bond acceptors (Lipinski definition) is 3. The molecular weight excluding hydrogens is 182 g/mol. The van der Waals surface area contributed by atoms with Gasteiger partial charge in [0.15, 0.2) is 18.0 Å². The lowest BCUT2D eigenvalue weighted by Crippen LogP contribution is -2.18. The maximum atomic E-state index is 11.7. The van der Waals surface area contributed by atoms with Crippen molar-refractivity contribution in [1.29, 1.82) is 0 Å². The molecule has 4 nitrogen and oxygen atoms in total. The van der Waals surface area contributed by atoms with E-state index in [4.69, 9.17) is 4.74 Å². The number of nitrogens with one attached hydrogen (secondary N) is 1. The molecule has 2 aliphatic heterocycles. The molecule has 1 N–H and O–H groups in total. The summed E-state index contributed by atoms with van der Waals surface area (Å²) >= 11 is 0. The molecule has 4 heteroatoms. The number of amides is 1. The lowest BCUT2D eigenvalue weighted by molar-refractivity contribution is -0.117. The molecule has 0 bridgehead atoms. The highest BCUT2D eigenvalue weighted by atomic mass is 16.6. The van der Waals surface area contributed by atoms with Crippen LogP contribution in [0.1, 0.15) is 10.4 Å². The van der Waals surface area contributed by atoms with E-state index in [9.17, 15) is 9.59 Å². The Bertz CT molecular complexity index is 441. The van der Waals surface area contributed by atoms with Crippen LogP contribution in [0.2, 0.25) is 0 Å². The van der Waals surface area contributed by atoms with Gasteiger partial charge in [-0.2, -0.15) is 0 Å². The fourth-order valence-electron chi connectivity index (χ4n) is 1.68. The molecule has 3 rings (SSSR count). The van der Waals surface area contributed by atoms with Crippen LogP contribution >= 0.6 is 0 Å². The number of para-hydroxylation sites is 1. The van der Waals surface area contributed by atoms with Crippen LogP contribution in [0, 0.1) is 0 Å². The summed E-state index contributed by atoms with van der Waals surface area (Å²) in [5, 5.41) is 2.66. The molecule has 1 fully saturated rings. The topological polar surface area (TPSA) is 58.7 Å². The summed E-state index contributed by atoms with van der Waals surface area (Å²) < 4.78 is 4.98. The van der Waals surface area contributed by atoms with Crippen LogP contribution in [0.25, 0.3) is 0 Å². The van der Waals surface area contributed by atoms with E-state index in [-0.39, 0.29) is 11.7 Å². The van der Waals surface area contributed by atoms with Crippen molar-refractivity contribution < 1.29 is 14.3 Å². The van der Waals surface area contributed by atoms with Gasteiger partial charge in [0.25, 0.3) is 5.91 Å². The zero-order valence-electron chi connectivity index (χ0n) is 7.19. The molecule has 1 aromatic carbocycles. The number of ketones is 1. The first-order chi connectivity index (χ1) is 6.77. The standard InChI is InChI=1S/C10H7NO3/c12-7-5-3-1-2-4-6(5)11-10(13)9-8(7)14-9/h1-4,8-9H,(H,11,13). The van der Waals surface area contributed by atoms with E-state index in [0.29, 0.717) is 11.3 Å². The van der Waals surface area contributed by atoms with Crippen LogP contribution in [-0.4, -0.2) is 23.9 Å². The molecule has 0 aliphatic carbocycles. The summed E-state index contributed by atoms with van der Waals surface area (Å²) in [6, 6.07) is 6.97. The molecule has 1 amide bonds. The van der Waals surface area contributed by atoms with E-state index in [1.165, 1.54) is 0 Å². The average molecular weight is 189 g/mol. The number of anilines is 1. The average Bonchev–Trinajstić information content (AvgIpc) is 2.96. The van der Waals surface area contributed by atoms with Crippen molar-refractivity contribution in [3.63, 3.8) is 0 Å². The second kappa shape index (κ2) is 2.42. The van der Waals surface area contributed by atoms with Crippen molar-refractivity contribution >= 4 is 17.4 Å². The summed E-state index contributed by atoms with van der Waals surface area (Å²) in [5.74, 6) is -0.336. The summed E-state index contributed by atoms with van der Waals surface area (Å²) in [5.41, 5.74) is 1.11. The summed E-state index contributed by atoms with van der Waals surface area (Å²) in [6.07, 6.45) is -1.13. The third-order valence-corrected chi connectivity index (χ3v) is 2.46. The predicted octanol–water partition coefficient (Wildman–Crippen LogP) is 0.589. The van der Waals surface area contributed by atoms with Crippen LogP contribution in [0.4, 0.5) is 5.69 Å². The number of benzene rings is 1. The van der Waals surface area contributed by atoms with Crippen molar-refractivity contribution in [2.45, 2.75) is 12.2 Å². The molecule has 1 aromatic rings. The fourth-order valence-corrected chi connectivity index (χ4v) is 1.68. The van der Waals surface area contributed by atoms with Crippen molar-refractivity contribution in [3.8, 4) is 0 Å². The van der Waals surface area contributed by atoms with E-state index >= 15 is 0 Å². The van der Waals surface area contributed by atoms with E-state index in [1.807, 2.05) is 0 Å². The lowest BCUT2D eigenvalue weighted by Gasteiger charge is -2.05. The number of hydrogen-bond donors (Lipinski definition) is 1. The Kier molecular flexibility index (Phi) is 1.33. The first kappa shape index (κ1) is 7.70. The van der Waals surface area contributed by atoms with Crippen molar-refractivity contribution in [2.24, 2.45) is 0 Å². The molecule has 2 aliphatic rings. The van der Waals surface area contributed by atoms with Gasteiger partial charge in [0.05, 0.1) is 5.69 Å². The smallest absolute Gasteiger partial charge is 0.256 e. The summed E-state index contributed by atoms with van der Waals surface area (Å²) in [4.78, 5) is 23.1. The maximum Gasteiger partial charge on any atom is 0.256 e. The summed E-state index contributed by atoms with van der Waals surface area (Å²) in [7, 11) is 0. The Morgan fingerprint density at radius 3 is 2.79 bits per heavy atom. The zero-order valence-corrected chi connectivity index (χ0v) is 7.19. The maximum absolute atomic E-state index is 11.7. The highest BCUT2D eigenvalue weighted by Gasteiger charge is 2.52. The van der Waals surface area contributed by atoms with E-state index in [0.717, 1.165) is 0 Å². The molecule has 1 saturated heterocycles. The van der Waals surface area contributed by atoms with Gasteiger partial charge in [0, 0.05) is 5.56 Å². The number of carbonyl (C=O) groups excluding carboxylic acids is 2. The Balaban J connectivity index is 2.15. The molecule has 2 unspecified atom stereocenters.